The van der Waals surface area contributed by atoms with E-state index in [0.717, 1.165) is 13.1 Å². The van der Waals surface area contributed by atoms with Crippen LogP contribution in [0.3, 0.4) is 0 Å². The first-order chi connectivity index (χ1) is 8.07. The van der Waals surface area contributed by atoms with E-state index in [4.69, 9.17) is 0 Å². The molecule has 1 aromatic heterocycles. The van der Waals surface area contributed by atoms with Crippen LogP contribution in [0.25, 0.3) is 0 Å². The molecule has 0 aliphatic rings. The number of anilines is 1. The second kappa shape index (κ2) is 6.60. The monoisotopic (exact) mass is 235 g/mol. The van der Waals surface area contributed by atoms with Gasteiger partial charge in [0.2, 0.25) is 0 Å². The summed E-state index contributed by atoms with van der Waals surface area (Å²) < 4.78 is 0. The lowest BCUT2D eigenvalue weighted by atomic mass is 10.0. The molecule has 0 bridgehead atoms. The fourth-order valence-corrected chi connectivity index (χ4v) is 1.81. The summed E-state index contributed by atoms with van der Waals surface area (Å²) >= 11 is 0. The van der Waals surface area contributed by atoms with Gasteiger partial charge in [-0.3, -0.25) is 4.98 Å². The molecule has 0 aliphatic carbocycles. The number of hydrogen-bond acceptors (Lipinski definition) is 3. The molecule has 17 heavy (non-hydrogen) atoms. The lowest BCUT2D eigenvalue weighted by molar-refractivity contribution is 0.504. The van der Waals surface area contributed by atoms with Crippen molar-refractivity contribution in [1.29, 1.82) is 0 Å². The number of nitrogens with zero attached hydrogens (tertiary/aromatic N) is 2. The van der Waals surface area contributed by atoms with Crippen molar-refractivity contribution in [2.24, 2.45) is 5.92 Å². The molecular formula is C14H25N3. The SMILES string of the molecule is CCNCc1ccncc1N(C)C(C)C(C)C. The van der Waals surface area contributed by atoms with Crippen LogP contribution in [0.5, 0.6) is 0 Å². The van der Waals surface area contributed by atoms with Gasteiger partial charge >= 0.3 is 0 Å². The molecule has 0 fully saturated rings. The van der Waals surface area contributed by atoms with Crippen molar-refractivity contribution in [2.45, 2.75) is 40.3 Å². The number of aromatic nitrogens is 1. The van der Waals surface area contributed by atoms with Gasteiger partial charge in [-0.2, -0.15) is 0 Å². The molecule has 1 rings (SSSR count). The van der Waals surface area contributed by atoms with Gasteiger partial charge in [-0.15, -0.1) is 0 Å². The maximum atomic E-state index is 4.25. The molecular weight excluding hydrogens is 210 g/mol. The molecule has 1 N–H and O–H groups in total. The third kappa shape index (κ3) is 3.70. The van der Waals surface area contributed by atoms with Crippen LogP contribution in [0.2, 0.25) is 0 Å². The average molecular weight is 235 g/mol. The third-order valence-electron chi connectivity index (χ3n) is 3.41. The lowest BCUT2D eigenvalue weighted by Gasteiger charge is -2.31. The molecule has 96 valence electrons. The van der Waals surface area contributed by atoms with Gasteiger partial charge in [-0.1, -0.05) is 20.8 Å². The van der Waals surface area contributed by atoms with Crippen molar-refractivity contribution >= 4 is 5.69 Å². The zero-order valence-electron chi connectivity index (χ0n) is 11.7. The maximum Gasteiger partial charge on any atom is 0.0598 e. The van der Waals surface area contributed by atoms with Gasteiger partial charge in [-0.25, -0.2) is 0 Å². The Morgan fingerprint density at radius 1 is 1.35 bits per heavy atom. The molecule has 3 nitrogen and oxygen atoms in total. The van der Waals surface area contributed by atoms with Crippen LogP contribution in [0.15, 0.2) is 18.5 Å². The van der Waals surface area contributed by atoms with Gasteiger partial charge in [-0.05, 0) is 31.0 Å². The van der Waals surface area contributed by atoms with Crippen LogP contribution in [0.4, 0.5) is 5.69 Å². The Labute approximate surface area is 105 Å². The molecule has 1 aromatic rings. The summed E-state index contributed by atoms with van der Waals surface area (Å²) in [7, 11) is 2.15. The predicted octanol–water partition coefficient (Wildman–Crippen LogP) is 2.67. The van der Waals surface area contributed by atoms with Crippen LogP contribution >= 0.6 is 0 Å². The van der Waals surface area contributed by atoms with Gasteiger partial charge in [0, 0.05) is 25.8 Å². The van der Waals surface area contributed by atoms with E-state index in [0.29, 0.717) is 12.0 Å². The lowest BCUT2D eigenvalue weighted by Crippen LogP contribution is -2.34. The van der Waals surface area contributed by atoms with Gasteiger partial charge < -0.3 is 10.2 Å². The molecule has 0 radical (unpaired) electrons. The number of rotatable bonds is 6. The second-order valence-corrected chi connectivity index (χ2v) is 4.88. The normalized spacial score (nSPS) is 12.8. The fraction of sp³-hybridized carbons (Fsp3) is 0.643. The van der Waals surface area contributed by atoms with Gasteiger partial charge in [0.05, 0.1) is 11.9 Å². The minimum Gasteiger partial charge on any atom is -0.370 e. The molecule has 0 spiro atoms. The Kier molecular flexibility index (Phi) is 5.42. The first-order valence-electron chi connectivity index (χ1n) is 6.44. The minimum atomic E-state index is 0.513. The van der Waals surface area contributed by atoms with Gasteiger partial charge in [0.25, 0.3) is 0 Å². The van der Waals surface area contributed by atoms with E-state index in [1.54, 1.807) is 0 Å². The summed E-state index contributed by atoms with van der Waals surface area (Å²) in [6.45, 7) is 10.8. The molecule has 1 unspecified atom stereocenters. The van der Waals surface area contributed by atoms with Crippen LogP contribution < -0.4 is 10.2 Å². The molecule has 3 heteroatoms. The zero-order valence-corrected chi connectivity index (χ0v) is 11.7. The van der Waals surface area contributed by atoms with Crippen molar-refractivity contribution in [2.75, 3.05) is 18.5 Å². The highest BCUT2D eigenvalue weighted by atomic mass is 15.1. The summed E-state index contributed by atoms with van der Waals surface area (Å²) in [5, 5.41) is 3.37. The van der Waals surface area contributed by atoms with E-state index < -0.39 is 0 Å². The summed E-state index contributed by atoms with van der Waals surface area (Å²) in [6, 6.07) is 2.61. The largest absolute Gasteiger partial charge is 0.370 e. The predicted molar refractivity (Wildman–Crippen MR) is 74.3 cm³/mol. The van der Waals surface area contributed by atoms with Crippen LogP contribution in [-0.4, -0.2) is 24.6 Å². The van der Waals surface area contributed by atoms with Crippen molar-refractivity contribution in [1.82, 2.24) is 10.3 Å². The average Bonchev–Trinajstić information content (AvgIpc) is 2.34. The quantitative estimate of drug-likeness (QED) is 0.821. The van der Waals surface area contributed by atoms with E-state index in [1.807, 2.05) is 12.4 Å². The highest BCUT2D eigenvalue weighted by Gasteiger charge is 2.16. The maximum absolute atomic E-state index is 4.25. The molecule has 0 amide bonds. The standard InChI is InChI=1S/C14H25N3/c1-6-15-9-13-7-8-16-10-14(13)17(5)12(4)11(2)3/h7-8,10-12,15H,6,9H2,1-5H3. The van der Waals surface area contributed by atoms with Crippen molar-refractivity contribution < 1.29 is 0 Å². The summed E-state index contributed by atoms with van der Waals surface area (Å²) in [4.78, 5) is 6.57. The number of pyridine rings is 1. The number of hydrogen-bond donors (Lipinski definition) is 1. The fourth-order valence-electron chi connectivity index (χ4n) is 1.81. The Bertz CT molecular complexity index is 336. The number of nitrogens with one attached hydrogen (secondary N) is 1. The summed E-state index contributed by atoms with van der Waals surface area (Å²) in [5.41, 5.74) is 2.55. The Hall–Kier alpha value is -1.09. The second-order valence-electron chi connectivity index (χ2n) is 4.88. The Morgan fingerprint density at radius 2 is 2.06 bits per heavy atom. The van der Waals surface area contributed by atoms with E-state index in [1.165, 1.54) is 11.3 Å². The molecule has 1 heterocycles. The van der Waals surface area contributed by atoms with Crippen molar-refractivity contribution in [3.63, 3.8) is 0 Å². The Balaban J connectivity index is 2.88. The minimum absolute atomic E-state index is 0.513. The molecule has 0 aliphatic heterocycles. The molecule has 0 saturated carbocycles. The Morgan fingerprint density at radius 3 is 2.65 bits per heavy atom. The van der Waals surface area contributed by atoms with Crippen LogP contribution in [-0.2, 0) is 6.54 Å². The first kappa shape index (κ1) is 14.0. The van der Waals surface area contributed by atoms with E-state index in [2.05, 4.69) is 56.0 Å². The topological polar surface area (TPSA) is 28.2 Å². The summed E-state index contributed by atoms with van der Waals surface area (Å²) in [5.74, 6) is 0.632. The highest BCUT2D eigenvalue weighted by Crippen LogP contribution is 2.22. The van der Waals surface area contributed by atoms with Crippen molar-refractivity contribution in [3.05, 3.63) is 24.0 Å². The smallest absolute Gasteiger partial charge is 0.0598 e. The third-order valence-corrected chi connectivity index (χ3v) is 3.41. The first-order valence-corrected chi connectivity index (χ1v) is 6.44. The van der Waals surface area contributed by atoms with E-state index in [9.17, 15) is 0 Å². The molecule has 1 atom stereocenters. The molecule has 0 aromatic carbocycles. The molecule has 0 saturated heterocycles. The van der Waals surface area contributed by atoms with Crippen LogP contribution in [0, 0.1) is 5.92 Å². The van der Waals surface area contributed by atoms with Gasteiger partial charge in [0.15, 0.2) is 0 Å². The summed E-state index contributed by atoms with van der Waals surface area (Å²) in [6.07, 6.45) is 3.83. The van der Waals surface area contributed by atoms with E-state index in [-0.39, 0.29) is 0 Å². The van der Waals surface area contributed by atoms with Crippen LogP contribution in [0.1, 0.15) is 33.3 Å². The van der Waals surface area contributed by atoms with Crippen molar-refractivity contribution in [3.8, 4) is 0 Å². The van der Waals surface area contributed by atoms with Gasteiger partial charge in [0.1, 0.15) is 0 Å². The van der Waals surface area contributed by atoms with E-state index >= 15 is 0 Å². The zero-order chi connectivity index (χ0) is 12.8. The highest BCUT2D eigenvalue weighted by molar-refractivity contribution is 5.51.